The van der Waals surface area contributed by atoms with Crippen LogP contribution in [0.25, 0.3) is 0 Å². The molecule has 4 aliphatic carbocycles. The van der Waals surface area contributed by atoms with E-state index < -0.39 is 19.8 Å². The number of allylic oxidation sites excluding steroid dienone is 1. The maximum atomic E-state index is 14.5. The molecule has 3 saturated carbocycles. The fourth-order valence-corrected chi connectivity index (χ4v) is 8.82. The van der Waals surface area contributed by atoms with Gasteiger partial charge in [0.15, 0.2) is 8.32 Å². The molecule has 9 atom stereocenters. The van der Waals surface area contributed by atoms with Crippen LogP contribution in [0.2, 0.25) is 18.1 Å². The second kappa shape index (κ2) is 6.54. The molecule has 2 bridgehead atoms. The number of hydrogen-bond donors (Lipinski definition) is 1. The Kier molecular flexibility index (Phi) is 4.96. The standard InChI is InChI=1S/C26H44O3Si/c1-14-11-18-21(27)15(2)13-26(18)16(3)12-17-20(25(17,7)8)19(23(26)28)22(14)29-30(9,10)24(4,5)6/h13-14,16-22,27H,11-12H2,1-10H3/t14-,16-,17-,18-,19-,20-,21-,22-,26-/m1/s1. The molecule has 3 nitrogen and oxygen atoms in total. The Morgan fingerprint density at radius 3 is 2.30 bits per heavy atom. The lowest BCUT2D eigenvalue weighted by atomic mass is 9.62. The van der Waals surface area contributed by atoms with Crippen molar-refractivity contribution in [2.75, 3.05) is 0 Å². The number of ketones is 1. The van der Waals surface area contributed by atoms with Crippen LogP contribution in [0.1, 0.15) is 68.2 Å². The van der Waals surface area contributed by atoms with E-state index >= 15 is 0 Å². The highest BCUT2D eigenvalue weighted by Gasteiger charge is 2.72. The first-order valence-corrected chi connectivity index (χ1v) is 15.1. The van der Waals surface area contributed by atoms with Gasteiger partial charge in [0.25, 0.3) is 0 Å². The lowest BCUT2D eigenvalue weighted by molar-refractivity contribution is -0.139. The van der Waals surface area contributed by atoms with Crippen LogP contribution in [0.15, 0.2) is 11.6 Å². The number of carbonyl (C=O) groups is 1. The van der Waals surface area contributed by atoms with Gasteiger partial charge in [-0.2, -0.15) is 0 Å². The molecule has 0 aromatic rings. The Labute approximate surface area is 185 Å². The van der Waals surface area contributed by atoms with Crippen LogP contribution >= 0.6 is 0 Å². The summed E-state index contributed by atoms with van der Waals surface area (Å²) in [6, 6.07) is 0. The minimum atomic E-state index is -2.03. The molecule has 30 heavy (non-hydrogen) atoms. The molecule has 1 N–H and O–H groups in total. The number of hydrogen-bond acceptors (Lipinski definition) is 3. The molecule has 4 aliphatic rings. The summed E-state index contributed by atoms with van der Waals surface area (Å²) in [6.07, 6.45) is 3.64. The SMILES string of the molecule is CC1=C[C@]23C(=O)[C@@H]([C@H](O[Si](C)(C)C(C)(C)C)[C@H](C)C[C@@H]2[C@@H]1O)[C@H]1[C@@H](C[C@H]3C)C1(C)C. The molecule has 4 rings (SSSR count). The Morgan fingerprint density at radius 1 is 1.13 bits per heavy atom. The molecule has 0 aliphatic heterocycles. The second-order valence-electron chi connectivity index (χ2n) is 13.4. The predicted octanol–water partition coefficient (Wildman–Crippen LogP) is 5.84. The number of fused-ring (bicyclic) bond motifs is 3. The van der Waals surface area contributed by atoms with Crippen molar-refractivity contribution in [1.82, 2.24) is 0 Å². The topological polar surface area (TPSA) is 46.5 Å². The molecule has 0 saturated heterocycles. The second-order valence-corrected chi connectivity index (χ2v) is 18.2. The summed E-state index contributed by atoms with van der Waals surface area (Å²) in [7, 11) is -2.03. The van der Waals surface area contributed by atoms with Gasteiger partial charge in [0, 0.05) is 11.8 Å². The lowest BCUT2D eigenvalue weighted by Gasteiger charge is -2.43. The van der Waals surface area contributed by atoms with Crippen LogP contribution in [0.5, 0.6) is 0 Å². The van der Waals surface area contributed by atoms with Gasteiger partial charge >= 0.3 is 0 Å². The zero-order valence-corrected chi connectivity index (χ0v) is 21.9. The number of aliphatic hydroxyl groups excluding tert-OH is 1. The Bertz CT molecular complexity index is 776. The first-order chi connectivity index (χ1) is 13.6. The third kappa shape index (κ3) is 2.85. The van der Waals surface area contributed by atoms with Crippen LogP contribution in [0.4, 0.5) is 0 Å². The average Bonchev–Trinajstić information content (AvgIpc) is 3.07. The fraction of sp³-hybridized carbons (Fsp3) is 0.885. The van der Waals surface area contributed by atoms with E-state index in [-0.39, 0.29) is 40.2 Å². The van der Waals surface area contributed by atoms with E-state index in [1.165, 1.54) is 0 Å². The van der Waals surface area contributed by atoms with Gasteiger partial charge in [-0.25, -0.2) is 0 Å². The quantitative estimate of drug-likeness (QED) is 0.440. The molecule has 0 aromatic carbocycles. The van der Waals surface area contributed by atoms with Crippen molar-refractivity contribution in [3.8, 4) is 0 Å². The zero-order valence-electron chi connectivity index (χ0n) is 20.9. The van der Waals surface area contributed by atoms with E-state index in [0.717, 1.165) is 18.4 Å². The largest absolute Gasteiger partial charge is 0.413 e. The van der Waals surface area contributed by atoms with Gasteiger partial charge in [0.1, 0.15) is 5.78 Å². The fourth-order valence-electron chi connectivity index (χ4n) is 7.40. The first-order valence-electron chi connectivity index (χ1n) is 12.2. The van der Waals surface area contributed by atoms with E-state index in [1.54, 1.807) is 0 Å². The molecule has 0 amide bonds. The third-order valence-corrected chi connectivity index (χ3v) is 14.9. The molecule has 170 valence electrons. The van der Waals surface area contributed by atoms with Crippen LogP contribution in [-0.2, 0) is 9.22 Å². The summed E-state index contributed by atoms with van der Waals surface area (Å²) in [6.45, 7) is 22.8. The predicted molar refractivity (Wildman–Crippen MR) is 125 cm³/mol. The first kappa shape index (κ1) is 22.7. The van der Waals surface area contributed by atoms with Gasteiger partial charge in [-0.1, -0.05) is 54.5 Å². The van der Waals surface area contributed by atoms with Gasteiger partial charge in [0.05, 0.1) is 17.6 Å². The molecular formula is C26H44O3Si. The summed E-state index contributed by atoms with van der Waals surface area (Å²) < 4.78 is 7.11. The molecule has 0 unspecified atom stereocenters. The minimum Gasteiger partial charge on any atom is -0.413 e. The molecule has 1 spiro atoms. The van der Waals surface area contributed by atoms with Crippen molar-refractivity contribution in [3.05, 3.63) is 11.6 Å². The van der Waals surface area contributed by atoms with Gasteiger partial charge in [0.2, 0.25) is 0 Å². The van der Waals surface area contributed by atoms with E-state index in [1.807, 2.05) is 6.92 Å². The molecule has 0 heterocycles. The van der Waals surface area contributed by atoms with E-state index in [2.05, 4.69) is 67.6 Å². The molecule has 3 fully saturated rings. The highest BCUT2D eigenvalue weighted by atomic mass is 28.4. The highest BCUT2D eigenvalue weighted by Crippen LogP contribution is 2.72. The van der Waals surface area contributed by atoms with Crippen LogP contribution < -0.4 is 0 Å². The average molecular weight is 433 g/mol. The van der Waals surface area contributed by atoms with Crippen molar-refractivity contribution in [1.29, 1.82) is 0 Å². The smallest absolute Gasteiger partial charge is 0.192 e. The molecule has 4 heteroatoms. The summed E-state index contributed by atoms with van der Waals surface area (Å²) in [5.41, 5.74) is 0.711. The lowest BCUT2D eigenvalue weighted by Crippen LogP contribution is -2.51. The highest BCUT2D eigenvalue weighted by molar-refractivity contribution is 6.74. The van der Waals surface area contributed by atoms with Gasteiger partial charge < -0.3 is 9.53 Å². The molecule has 0 aromatic heterocycles. The van der Waals surface area contributed by atoms with Crippen molar-refractivity contribution in [2.24, 2.45) is 46.3 Å². The van der Waals surface area contributed by atoms with Crippen molar-refractivity contribution in [3.63, 3.8) is 0 Å². The van der Waals surface area contributed by atoms with Crippen molar-refractivity contribution >= 4 is 14.1 Å². The van der Waals surface area contributed by atoms with E-state index in [9.17, 15) is 9.90 Å². The number of rotatable bonds is 2. The summed E-state index contributed by atoms with van der Waals surface area (Å²) in [4.78, 5) is 14.5. The molecular weight excluding hydrogens is 388 g/mol. The number of Topliss-reactive ketones (excluding diaryl/α,β-unsaturated/α-hetero) is 1. The van der Waals surface area contributed by atoms with Crippen molar-refractivity contribution in [2.45, 2.75) is 98.6 Å². The van der Waals surface area contributed by atoms with Gasteiger partial charge in [-0.3, -0.25) is 4.79 Å². The summed E-state index contributed by atoms with van der Waals surface area (Å²) >= 11 is 0. The van der Waals surface area contributed by atoms with Gasteiger partial charge in [-0.15, -0.1) is 0 Å². The number of aliphatic hydroxyl groups is 1. The minimum absolute atomic E-state index is 0.00567. The van der Waals surface area contributed by atoms with E-state index in [4.69, 9.17) is 4.43 Å². The Hall–Kier alpha value is -0.453. The van der Waals surface area contributed by atoms with Gasteiger partial charge in [-0.05, 0) is 72.6 Å². The maximum Gasteiger partial charge on any atom is 0.192 e. The normalized spacial score (nSPS) is 47.7. The monoisotopic (exact) mass is 432 g/mol. The van der Waals surface area contributed by atoms with Crippen LogP contribution in [-0.4, -0.2) is 31.4 Å². The third-order valence-electron chi connectivity index (χ3n) is 10.4. The summed E-state index contributed by atoms with van der Waals surface area (Å²) in [5, 5.41) is 11.3. The Balaban J connectivity index is 1.85. The number of carbonyl (C=O) groups excluding carboxylic acids is 1. The summed E-state index contributed by atoms with van der Waals surface area (Å²) in [5.74, 6) is 1.90. The molecule has 0 radical (unpaired) electrons. The maximum absolute atomic E-state index is 14.5. The zero-order chi connectivity index (χ0) is 22.6. The van der Waals surface area contributed by atoms with Crippen LogP contribution in [0.3, 0.4) is 0 Å². The van der Waals surface area contributed by atoms with E-state index in [0.29, 0.717) is 17.6 Å². The Morgan fingerprint density at radius 2 is 1.73 bits per heavy atom. The van der Waals surface area contributed by atoms with Crippen LogP contribution in [0, 0.1) is 46.3 Å². The van der Waals surface area contributed by atoms with Crippen molar-refractivity contribution < 1.29 is 14.3 Å².